The van der Waals surface area contributed by atoms with Crippen LogP contribution in [0.25, 0.3) is 0 Å². The lowest BCUT2D eigenvalue weighted by molar-refractivity contribution is -0.121. The molecule has 8 heteroatoms. The number of carbonyl (C=O) groups is 2. The number of hydrogen-bond acceptors (Lipinski definition) is 4. The quantitative estimate of drug-likeness (QED) is 0.552. The number of amides is 2. The molecule has 2 rings (SSSR count). The number of benzene rings is 2. The largest absolute Gasteiger partial charge is 0.352 e. The smallest absolute Gasteiger partial charge is 0.251 e. The standard InChI is InChI=1S/C23H31N3O4S/c1-5-24-22(28)18-8-6-7-17(15-18)16-25-21(27)13-14-26-31(29,30)20-11-9-19(10-12-20)23(2,3)4/h6-12,15,26H,5,13-14,16H2,1-4H3,(H,24,28)(H,25,27). The summed E-state index contributed by atoms with van der Waals surface area (Å²) < 4.78 is 27.3. The van der Waals surface area contributed by atoms with Crippen molar-refractivity contribution in [2.24, 2.45) is 0 Å². The summed E-state index contributed by atoms with van der Waals surface area (Å²) in [5, 5.41) is 5.47. The average molecular weight is 446 g/mol. The third-order valence-corrected chi connectivity index (χ3v) is 6.17. The van der Waals surface area contributed by atoms with Crippen LogP contribution in [0, 0.1) is 0 Å². The summed E-state index contributed by atoms with van der Waals surface area (Å²) in [6, 6.07) is 13.7. The van der Waals surface area contributed by atoms with E-state index in [1.807, 2.05) is 13.0 Å². The molecule has 3 N–H and O–H groups in total. The highest BCUT2D eigenvalue weighted by Gasteiger charge is 2.17. The van der Waals surface area contributed by atoms with Gasteiger partial charge in [0.05, 0.1) is 4.90 Å². The van der Waals surface area contributed by atoms with Crippen molar-refractivity contribution in [1.82, 2.24) is 15.4 Å². The van der Waals surface area contributed by atoms with Gasteiger partial charge in [-0.05, 0) is 47.7 Å². The van der Waals surface area contributed by atoms with Crippen LogP contribution in [0.15, 0.2) is 53.4 Å². The molecule has 168 valence electrons. The summed E-state index contributed by atoms with van der Waals surface area (Å²) in [6.45, 7) is 8.81. The van der Waals surface area contributed by atoms with E-state index in [1.165, 1.54) is 0 Å². The van der Waals surface area contributed by atoms with Crippen LogP contribution in [-0.2, 0) is 26.8 Å². The second-order valence-electron chi connectivity index (χ2n) is 8.26. The van der Waals surface area contributed by atoms with Gasteiger partial charge in [-0.25, -0.2) is 13.1 Å². The Kier molecular flexibility index (Phi) is 8.36. The Morgan fingerprint density at radius 3 is 2.26 bits per heavy atom. The first-order valence-electron chi connectivity index (χ1n) is 10.3. The van der Waals surface area contributed by atoms with E-state index in [0.29, 0.717) is 12.1 Å². The monoisotopic (exact) mass is 445 g/mol. The number of rotatable bonds is 9. The molecule has 0 aliphatic rings. The van der Waals surface area contributed by atoms with E-state index in [4.69, 9.17) is 0 Å². The van der Waals surface area contributed by atoms with E-state index in [0.717, 1.165) is 11.1 Å². The lowest BCUT2D eigenvalue weighted by atomic mass is 9.87. The van der Waals surface area contributed by atoms with Crippen LogP contribution in [-0.4, -0.2) is 33.3 Å². The minimum atomic E-state index is -3.68. The minimum absolute atomic E-state index is 0.00582. The van der Waals surface area contributed by atoms with Crippen molar-refractivity contribution in [3.05, 3.63) is 65.2 Å². The molecule has 31 heavy (non-hydrogen) atoms. The van der Waals surface area contributed by atoms with Gasteiger partial charge in [-0.2, -0.15) is 0 Å². The van der Waals surface area contributed by atoms with Crippen LogP contribution in [0.2, 0.25) is 0 Å². The fourth-order valence-corrected chi connectivity index (χ4v) is 3.92. The van der Waals surface area contributed by atoms with E-state index < -0.39 is 10.0 Å². The van der Waals surface area contributed by atoms with Gasteiger partial charge in [-0.1, -0.05) is 45.0 Å². The van der Waals surface area contributed by atoms with Crippen LogP contribution in [0.1, 0.15) is 55.6 Å². The van der Waals surface area contributed by atoms with Gasteiger partial charge in [-0.3, -0.25) is 9.59 Å². The molecule has 2 aromatic rings. The normalized spacial score (nSPS) is 11.7. The molecule has 0 saturated heterocycles. The molecule has 0 saturated carbocycles. The highest BCUT2D eigenvalue weighted by molar-refractivity contribution is 7.89. The fraction of sp³-hybridized carbons (Fsp3) is 0.391. The molecule has 0 spiro atoms. The second kappa shape index (κ2) is 10.5. The van der Waals surface area contributed by atoms with Crippen molar-refractivity contribution in [1.29, 1.82) is 0 Å². The Balaban J connectivity index is 1.84. The molecule has 0 aromatic heterocycles. The lowest BCUT2D eigenvalue weighted by Crippen LogP contribution is -2.30. The third kappa shape index (κ3) is 7.48. The Hall–Kier alpha value is -2.71. The molecule has 7 nitrogen and oxygen atoms in total. The Labute approximate surface area is 184 Å². The first-order valence-corrected chi connectivity index (χ1v) is 11.8. The van der Waals surface area contributed by atoms with Crippen LogP contribution >= 0.6 is 0 Å². The van der Waals surface area contributed by atoms with Crippen LogP contribution in [0.3, 0.4) is 0 Å². The molecular weight excluding hydrogens is 414 g/mol. The minimum Gasteiger partial charge on any atom is -0.352 e. The number of carbonyl (C=O) groups excluding carboxylic acids is 2. The van der Waals surface area contributed by atoms with Crippen molar-refractivity contribution in [2.75, 3.05) is 13.1 Å². The van der Waals surface area contributed by atoms with E-state index in [1.54, 1.807) is 42.5 Å². The van der Waals surface area contributed by atoms with E-state index >= 15 is 0 Å². The van der Waals surface area contributed by atoms with Crippen molar-refractivity contribution >= 4 is 21.8 Å². The van der Waals surface area contributed by atoms with Gasteiger partial charge in [0.25, 0.3) is 5.91 Å². The summed E-state index contributed by atoms with van der Waals surface area (Å²) in [5.41, 5.74) is 2.30. The molecule has 0 aliphatic carbocycles. The highest BCUT2D eigenvalue weighted by atomic mass is 32.2. The zero-order valence-corrected chi connectivity index (χ0v) is 19.3. The van der Waals surface area contributed by atoms with Gasteiger partial charge in [0.15, 0.2) is 0 Å². The zero-order chi connectivity index (χ0) is 23.1. The van der Waals surface area contributed by atoms with Crippen LogP contribution in [0.5, 0.6) is 0 Å². The first-order chi connectivity index (χ1) is 14.5. The second-order valence-corrected chi connectivity index (χ2v) is 10.0. The summed E-state index contributed by atoms with van der Waals surface area (Å²) in [7, 11) is -3.68. The maximum Gasteiger partial charge on any atom is 0.251 e. The number of hydrogen-bond donors (Lipinski definition) is 3. The zero-order valence-electron chi connectivity index (χ0n) is 18.5. The van der Waals surface area contributed by atoms with Gasteiger partial charge in [-0.15, -0.1) is 0 Å². The molecule has 0 unspecified atom stereocenters. The third-order valence-electron chi connectivity index (χ3n) is 4.69. The molecular formula is C23H31N3O4S. The number of nitrogens with one attached hydrogen (secondary N) is 3. The number of sulfonamides is 1. The van der Waals surface area contributed by atoms with Gasteiger partial charge in [0.1, 0.15) is 0 Å². The summed E-state index contributed by atoms with van der Waals surface area (Å²) in [5.74, 6) is -0.449. The molecule has 0 radical (unpaired) electrons. The summed E-state index contributed by atoms with van der Waals surface area (Å²) in [6.07, 6.45) is 0.00924. The topological polar surface area (TPSA) is 104 Å². The van der Waals surface area contributed by atoms with Crippen molar-refractivity contribution in [3.8, 4) is 0 Å². The summed E-state index contributed by atoms with van der Waals surface area (Å²) >= 11 is 0. The van der Waals surface area contributed by atoms with Gasteiger partial charge in [0.2, 0.25) is 15.9 Å². The molecule has 0 fully saturated rings. The van der Waals surface area contributed by atoms with Crippen LogP contribution in [0.4, 0.5) is 0 Å². The molecule has 0 bridgehead atoms. The van der Waals surface area contributed by atoms with Gasteiger partial charge < -0.3 is 10.6 Å². The fourth-order valence-electron chi connectivity index (χ4n) is 2.89. The van der Waals surface area contributed by atoms with Crippen molar-refractivity contribution in [3.63, 3.8) is 0 Å². The predicted molar refractivity (Wildman–Crippen MR) is 121 cm³/mol. The average Bonchev–Trinajstić information content (AvgIpc) is 2.72. The predicted octanol–water partition coefficient (Wildman–Crippen LogP) is 2.72. The summed E-state index contributed by atoms with van der Waals surface area (Å²) in [4.78, 5) is 24.2. The van der Waals surface area contributed by atoms with Crippen molar-refractivity contribution in [2.45, 2.75) is 51.0 Å². The van der Waals surface area contributed by atoms with Crippen molar-refractivity contribution < 1.29 is 18.0 Å². The molecule has 0 heterocycles. The molecule has 0 atom stereocenters. The van der Waals surface area contributed by atoms with E-state index in [-0.39, 0.29) is 41.6 Å². The Morgan fingerprint density at radius 1 is 0.968 bits per heavy atom. The SMILES string of the molecule is CCNC(=O)c1cccc(CNC(=O)CCNS(=O)(=O)c2ccc(C(C)(C)C)cc2)c1. The lowest BCUT2D eigenvalue weighted by Gasteiger charge is -2.19. The molecule has 2 amide bonds. The van der Waals surface area contributed by atoms with Crippen LogP contribution < -0.4 is 15.4 Å². The van der Waals surface area contributed by atoms with E-state index in [2.05, 4.69) is 36.1 Å². The van der Waals surface area contributed by atoms with Gasteiger partial charge >= 0.3 is 0 Å². The molecule has 0 aliphatic heterocycles. The Morgan fingerprint density at radius 2 is 1.65 bits per heavy atom. The molecule has 2 aromatic carbocycles. The maximum absolute atomic E-state index is 12.4. The Bertz CT molecular complexity index is 1010. The maximum atomic E-state index is 12.4. The highest BCUT2D eigenvalue weighted by Crippen LogP contribution is 2.23. The first kappa shape index (κ1) is 24.6. The van der Waals surface area contributed by atoms with E-state index in [9.17, 15) is 18.0 Å². The van der Waals surface area contributed by atoms with Gasteiger partial charge in [0, 0.05) is 31.6 Å².